The Labute approximate surface area is 145 Å². The van der Waals surface area contributed by atoms with E-state index in [1.54, 1.807) is 55.5 Å². The van der Waals surface area contributed by atoms with Gasteiger partial charge in [-0.2, -0.15) is 0 Å². The summed E-state index contributed by atoms with van der Waals surface area (Å²) in [5, 5.41) is 2.69. The molecule has 2 aromatic rings. The average molecular weight is 341 g/mol. The first-order chi connectivity index (χ1) is 12.0. The van der Waals surface area contributed by atoms with Gasteiger partial charge in [0, 0.05) is 12.1 Å². The third-order valence-electron chi connectivity index (χ3n) is 3.42. The highest BCUT2D eigenvalue weighted by molar-refractivity contribution is 5.94. The van der Waals surface area contributed by atoms with Crippen LogP contribution in [0.4, 0.5) is 5.69 Å². The Morgan fingerprint density at radius 3 is 2.32 bits per heavy atom. The number of esters is 2. The van der Waals surface area contributed by atoms with E-state index in [-0.39, 0.29) is 12.5 Å². The van der Waals surface area contributed by atoms with Crippen LogP contribution in [0.2, 0.25) is 0 Å². The van der Waals surface area contributed by atoms with Gasteiger partial charge in [-0.25, -0.2) is 9.59 Å². The molecule has 0 bridgehead atoms. The summed E-state index contributed by atoms with van der Waals surface area (Å²) >= 11 is 0. The van der Waals surface area contributed by atoms with Crippen LogP contribution in [0.3, 0.4) is 0 Å². The van der Waals surface area contributed by atoms with E-state index in [0.717, 1.165) is 0 Å². The van der Waals surface area contributed by atoms with Crippen molar-refractivity contribution in [1.29, 1.82) is 0 Å². The molecule has 1 N–H and O–H groups in total. The van der Waals surface area contributed by atoms with Crippen LogP contribution >= 0.6 is 0 Å². The quantitative estimate of drug-likeness (QED) is 0.816. The Hall–Kier alpha value is -3.15. The molecule has 0 saturated carbocycles. The van der Waals surface area contributed by atoms with Crippen molar-refractivity contribution in [3.05, 3.63) is 65.2 Å². The molecule has 6 nitrogen and oxygen atoms in total. The van der Waals surface area contributed by atoms with Crippen molar-refractivity contribution in [2.45, 2.75) is 20.0 Å². The third-order valence-corrected chi connectivity index (χ3v) is 3.42. The minimum atomic E-state index is -0.518. The zero-order valence-electron chi connectivity index (χ0n) is 14.1. The Balaban J connectivity index is 2.02. The molecule has 1 amide bonds. The number of carbonyl (C=O) groups is 3. The number of benzene rings is 2. The lowest BCUT2D eigenvalue weighted by molar-refractivity contribution is -0.115. The molecule has 0 aromatic heterocycles. The molecule has 2 rings (SSSR count). The summed E-state index contributed by atoms with van der Waals surface area (Å²) in [5.41, 5.74) is 1.93. The van der Waals surface area contributed by atoms with Crippen LogP contribution in [0.5, 0.6) is 0 Å². The fourth-order valence-electron chi connectivity index (χ4n) is 2.11. The fraction of sp³-hybridized carbons (Fsp3) is 0.211. The zero-order valence-corrected chi connectivity index (χ0v) is 14.1. The lowest BCUT2D eigenvalue weighted by Gasteiger charge is -2.08. The molecule has 0 saturated heterocycles. The first kappa shape index (κ1) is 18.2. The van der Waals surface area contributed by atoms with Crippen molar-refractivity contribution in [1.82, 2.24) is 0 Å². The van der Waals surface area contributed by atoms with Crippen molar-refractivity contribution in [2.75, 3.05) is 12.4 Å². The first-order valence-electron chi connectivity index (χ1n) is 7.77. The minimum absolute atomic E-state index is 0.0230. The van der Waals surface area contributed by atoms with Crippen LogP contribution in [-0.2, 0) is 20.9 Å². The summed E-state index contributed by atoms with van der Waals surface area (Å²) in [6.07, 6.45) is 0.352. The predicted molar refractivity (Wildman–Crippen MR) is 92.3 cm³/mol. The summed E-state index contributed by atoms with van der Waals surface area (Å²) < 4.78 is 9.92. The van der Waals surface area contributed by atoms with Gasteiger partial charge in [0.1, 0.15) is 6.61 Å². The van der Waals surface area contributed by atoms with E-state index in [9.17, 15) is 14.4 Å². The summed E-state index contributed by atoms with van der Waals surface area (Å²) in [5.74, 6) is -1.10. The van der Waals surface area contributed by atoms with Gasteiger partial charge in [0.2, 0.25) is 5.91 Å². The predicted octanol–water partition coefficient (Wildman–Crippen LogP) is 3.18. The van der Waals surface area contributed by atoms with E-state index < -0.39 is 11.9 Å². The van der Waals surface area contributed by atoms with Gasteiger partial charge in [0.15, 0.2) is 0 Å². The van der Waals surface area contributed by atoms with Crippen LogP contribution in [0.15, 0.2) is 48.5 Å². The van der Waals surface area contributed by atoms with E-state index >= 15 is 0 Å². The van der Waals surface area contributed by atoms with Gasteiger partial charge >= 0.3 is 11.9 Å². The second-order valence-corrected chi connectivity index (χ2v) is 5.25. The molecule has 0 aliphatic rings. The molecular formula is C19H19NO5. The molecule has 0 atom stereocenters. The van der Waals surface area contributed by atoms with E-state index in [0.29, 0.717) is 28.8 Å². The smallest absolute Gasteiger partial charge is 0.338 e. The van der Waals surface area contributed by atoms with Gasteiger partial charge in [-0.1, -0.05) is 25.1 Å². The normalized spacial score (nSPS) is 10.0. The highest BCUT2D eigenvalue weighted by Gasteiger charge is 2.10. The van der Waals surface area contributed by atoms with Crippen LogP contribution in [0, 0.1) is 0 Å². The summed E-state index contributed by atoms with van der Waals surface area (Å²) in [7, 11) is 1.30. The highest BCUT2D eigenvalue weighted by Crippen LogP contribution is 2.14. The first-order valence-corrected chi connectivity index (χ1v) is 7.77. The summed E-state index contributed by atoms with van der Waals surface area (Å²) in [4.78, 5) is 35.1. The molecule has 0 heterocycles. The molecular weight excluding hydrogens is 322 g/mol. The standard InChI is InChI=1S/C19H19NO5/c1-3-17(21)20-16-9-5-8-15(11-16)19(23)25-12-13-6-4-7-14(10-13)18(22)24-2/h4-11H,3,12H2,1-2H3,(H,20,21). The number of carbonyl (C=O) groups excluding carboxylic acids is 3. The largest absolute Gasteiger partial charge is 0.465 e. The molecule has 25 heavy (non-hydrogen) atoms. The van der Waals surface area contributed by atoms with Gasteiger partial charge in [-0.15, -0.1) is 0 Å². The molecule has 0 aliphatic heterocycles. The van der Waals surface area contributed by atoms with E-state index in [2.05, 4.69) is 10.1 Å². The van der Waals surface area contributed by atoms with Crippen molar-refractivity contribution in [2.24, 2.45) is 0 Å². The van der Waals surface area contributed by atoms with Crippen LogP contribution in [-0.4, -0.2) is 25.0 Å². The van der Waals surface area contributed by atoms with Gasteiger partial charge in [-0.3, -0.25) is 4.79 Å². The van der Waals surface area contributed by atoms with Crippen molar-refractivity contribution in [3.63, 3.8) is 0 Å². The fourth-order valence-corrected chi connectivity index (χ4v) is 2.11. The number of methoxy groups -OCH3 is 1. The van der Waals surface area contributed by atoms with Gasteiger partial charge < -0.3 is 14.8 Å². The minimum Gasteiger partial charge on any atom is -0.465 e. The maximum absolute atomic E-state index is 12.2. The average Bonchev–Trinajstić information content (AvgIpc) is 2.65. The Bertz CT molecular complexity index is 785. The van der Waals surface area contributed by atoms with Crippen molar-refractivity contribution in [3.8, 4) is 0 Å². The molecule has 0 aliphatic carbocycles. The third kappa shape index (κ3) is 5.17. The molecule has 0 unspecified atom stereocenters. The monoisotopic (exact) mass is 341 g/mol. The molecule has 130 valence electrons. The number of amides is 1. The molecule has 0 fully saturated rings. The number of nitrogens with one attached hydrogen (secondary N) is 1. The maximum Gasteiger partial charge on any atom is 0.338 e. The van der Waals surface area contributed by atoms with Gasteiger partial charge in [0.05, 0.1) is 18.2 Å². The van der Waals surface area contributed by atoms with E-state index in [1.165, 1.54) is 7.11 Å². The molecule has 2 aromatic carbocycles. The number of hydrogen-bond acceptors (Lipinski definition) is 5. The van der Waals surface area contributed by atoms with E-state index in [4.69, 9.17) is 4.74 Å². The molecule has 6 heteroatoms. The van der Waals surface area contributed by atoms with E-state index in [1.807, 2.05) is 0 Å². The zero-order chi connectivity index (χ0) is 18.2. The summed E-state index contributed by atoms with van der Waals surface area (Å²) in [6.45, 7) is 1.77. The van der Waals surface area contributed by atoms with Crippen LogP contribution < -0.4 is 5.32 Å². The number of anilines is 1. The topological polar surface area (TPSA) is 81.7 Å². The van der Waals surface area contributed by atoms with Crippen LogP contribution in [0.1, 0.15) is 39.6 Å². The van der Waals surface area contributed by atoms with Crippen molar-refractivity contribution < 1.29 is 23.9 Å². The molecule has 0 radical (unpaired) electrons. The van der Waals surface area contributed by atoms with Crippen LogP contribution in [0.25, 0.3) is 0 Å². The highest BCUT2D eigenvalue weighted by atomic mass is 16.5. The SMILES string of the molecule is CCC(=O)Nc1cccc(C(=O)OCc2cccc(C(=O)OC)c2)c1. The molecule has 0 spiro atoms. The lowest BCUT2D eigenvalue weighted by atomic mass is 10.1. The van der Waals surface area contributed by atoms with Crippen molar-refractivity contribution >= 4 is 23.5 Å². The maximum atomic E-state index is 12.2. The second-order valence-electron chi connectivity index (χ2n) is 5.25. The van der Waals surface area contributed by atoms with Gasteiger partial charge in [-0.05, 0) is 35.9 Å². The Morgan fingerprint density at radius 2 is 1.64 bits per heavy atom. The number of ether oxygens (including phenoxy) is 2. The number of rotatable bonds is 6. The van der Waals surface area contributed by atoms with Gasteiger partial charge in [0.25, 0.3) is 0 Å². The lowest BCUT2D eigenvalue weighted by Crippen LogP contribution is -2.11. The second kappa shape index (κ2) is 8.63. The summed E-state index contributed by atoms with van der Waals surface area (Å²) in [6, 6.07) is 13.2. The Morgan fingerprint density at radius 1 is 0.960 bits per heavy atom. The Kier molecular flexibility index (Phi) is 6.28. The number of hydrogen-bond donors (Lipinski definition) is 1.